The monoisotopic (exact) mass is 415 g/mol. The molecule has 5 heteroatoms. The van der Waals surface area contributed by atoms with Gasteiger partial charge in [0.2, 0.25) is 0 Å². The molecule has 0 amide bonds. The zero-order chi connectivity index (χ0) is 22.1. The maximum atomic E-state index is 11.9. The molecule has 30 heavy (non-hydrogen) atoms. The minimum absolute atomic E-state index is 0.0289. The first-order chi connectivity index (χ1) is 14.1. The molecule has 0 spiro atoms. The molecule has 0 aliphatic heterocycles. The fraction of sp³-hybridized carbons (Fsp3) is 0.800. The van der Waals surface area contributed by atoms with Gasteiger partial charge in [0.15, 0.2) is 0 Å². The molecule has 0 saturated heterocycles. The number of carbonyl (C=O) groups excluding carboxylic acids is 1. The molecular formula is C25H37NO4. The van der Waals surface area contributed by atoms with Crippen LogP contribution in [0.5, 0.6) is 0 Å². The summed E-state index contributed by atoms with van der Waals surface area (Å²) in [4.78, 5) is 23.4. The fourth-order valence-corrected chi connectivity index (χ4v) is 7.40. The Morgan fingerprint density at radius 1 is 1.23 bits per heavy atom. The van der Waals surface area contributed by atoms with Crippen LogP contribution in [0.4, 0.5) is 0 Å². The molecule has 3 fully saturated rings. The number of rotatable bonds is 6. The van der Waals surface area contributed by atoms with Gasteiger partial charge in [-0.05, 0) is 85.9 Å². The predicted octanol–water partition coefficient (Wildman–Crippen LogP) is 5.50. The number of hydrogen-bond acceptors (Lipinski definition) is 4. The van der Waals surface area contributed by atoms with Crippen LogP contribution in [0, 0.1) is 45.8 Å². The lowest BCUT2D eigenvalue weighted by Gasteiger charge is -2.57. The predicted molar refractivity (Wildman–Crippen MR) is 114 cm³/mol. The first-order valence-electron chi connectivity index (χ1n) is 11.6. The number of allylic oxidation sites excluding steroid dienone is 1. The van der Waals surface area contributed by atoms with E-state index >= 15 is 0 Å². The van der Waals surface area contributed by atoms with Crippen LogP contribution in [0.1, 0.15) is 85.0 Å². The molecular weight excluding hydrogens is 378 g/mol. The second kappa shape index (κ2) is 8.73. The van der Waals surface area contributed by atoms with Gasteiger partial charge < -0.3 is 9.84 Å². The van der Waals surface area contributed by atoms with Crippen LogP contribution >= 0.6 is 0 Å². The van der Waals surface area contributed by atoms with Crippen molar-refractivity contribution in [1.82, 2.24) is 0 Å². The number of aliphatic carboxylic acids is 1. The Kier molecular flexibility index (Phi) is 6.65. The maximum Gasteiger partial charge on any atom is 0.303 e. The molecule has 3 saturated carbocycles. The lowest BCUT2D eigenvalue weighted by Crippen LogP contribution is -2.51. The second-order valence-electron chi connectivity index (χ2n) is 10.5. The zero-order valence-electron chi connectivity index (χ0n) is 18.8. The fourth-order valence-electron chi connectivity index (χ4n) is 7.40. The molecule has 7 atom stereocenters. The number of carbonyl (C=O) groups is 2. The highest BCUT2D eigenvalue weighted by Crippen LogP contribution is 2.64. The van der Waals surface area contributed by atoms with E-state index in [0.29, 0.717) is 18.3 Å². The smallest absolute Gasteiger partial charge is 0.303 e. The molecule has 166 valence electrons. The molecule has 0 radical (unpaired) electrons. The quantitative estimate of drug-likeness (QED) is 0.457. The van der Waals surface area contributed by atoms with Gasteiger partial charge in [0.1, 0.15) is 6.10 Å². The summed E-state index contributed by atoms with van der Waals surface area (Å²) in [5, 5.41) is 19.0. The van der Waals surface area contributed by atoms with Gasteiger partial charge in [-0.3, -0.25) is 9.59 Å². The van der Waals surface area contributed by atoms with Crippen molar-refractivity contribution in [2.75, 3.05) is 0 Å². The van der Waals surface area contributed by atoms with Gasteiger partial charge in [0.05, 0.1) is 6.07 Å². The molecule has 3 aliphatic rings. The first kappa shape index (κ1) is 22.8. The summed E-state index contributed by atoms with van der Waals surface area (Å²) in [5.41, 5.74) is 1.33. The third kappa shape index (κ3) is 4.15. The number of carboxylic acids is 1. The molecule has 0 aromatic carbocycles. The van der Waals surface area contributed by atoms with E-state index in [0.717, 1.165) is 51.4 Å². The van der Waals surface area contributed by atoms with Gasteiger partial charge in [0, 0.05) is 19.8 Å². The van der Waals surface area contributed by atoms with Crippen molar-refractivity contribution in [3.63, 3.8) is 0 Å². The van der Waals surface area contributed by atoms with E-state index in [9.17, 15) is 20.0 Å². The number of hydrogen-bond donors (Lipinski definition) is 1. The average Bonchev–Trinajstić information content (AvgIpc) is 2.97. The molecule has 3 rings (SSSR count). The van der Waals surface area contributed by atoms with Crippen LogP contribution in [0.25, 0.3) is 0 Å². The van der Waals surface area contributed by atoms with Crippen molar-refractivity contribution in [2.24, 2.45) is 34.5 Å². The number of nitriles is 1. The second-order valence-corrected chi connectivity index (χ2v) is 10.5. The third-order valence-electron chi connectivity index (χ3n) is 9.07. The van der Waals surface area contributed by atoms with E-state index in [1.807, 2.05) is 0 Å². The molecule has 0 aromatic rings. The Labute approximate surface area is 180 Å². The van der Waals surface area contributed by atoms with Gasteiger partial charge in [-0.15, -0.1) is 0 Å². The average molecular weight is 416 g/mol. The summed E-state index contributed by atoms with van der Waals surface area (Å²) >= 11 is 0. The third-order valence-corrected chi connectivity index (χ3v) is 9.07. The van der Waals surface area contributed by atoms with Crippen molar-refractivity contribution in [1.29, 1.82) is 5.26 Å². The molecule has 5 nitrogen and oxygen atoms in total. The highest BCUT2D eigenvalue weighted by atomic mass is 16.5. The highest BCUT2D eigenvalue weighted by molar-refractivity contribution is 5.67. The first-order valence-corrected chi connectivity index (χ1v) is 11.6. The largest absolute Gasteiger partial charge is 0.481 e. The van der Waals surface area contributed by atoms with Gasteiger partial charge in [-0.2, -0.15) is 5.26 Å². The maximum absolute atomic E-state index is 11.9. The number of fused-ring (bicyclic) bond motifs is 1. The lowest BCUT2D eigenvalue weighted by atomic mass is 9.48. The minimum atomic E-state index is -0.711. The number of carboxylic acid groups (broad SMARTS) is 1. The molecule has 0 bridgehead atoms. The van der Waals surface area contributed by atoms with Gasteiger partial charge in [-0.1, -0.05) is 26.0 Å². The Bertz CT molecular complexity index is 740. The summed E-state index contributed by atoms with van der Waals surface area (Å²) in [5.74, 6) is 0.145. The SMILES string of the molecule is C=C1CC[C@@H]2[C@H](CC(=O)O)[C@H]([C@@]3(C)CC[C@H](OC(C)=O)C[C@@H]3CCC#N)CC[C@]12C. The number of nitrogens with zero attached hydrogens (tertiary/aromatic N) is 1. The van der Waals surface area contributed by atoms with Crippen LogP contribution in [0.2, 0.25) is 0 Å². The molecule has 0 heterocycles. The number of esters is 1. The Morgan fingerprint density at radius 3 is 2.60 bits per heavy atom. The van der Waals surface area contributed by atoms with Crippen molar-refractivity contribution >= 4 is 11.9 Å². The molecule has 0 aromatic heterocycles. The van der Waals surface area contributed by atoms with E-state index in [1.54, 1.807) is 0 Å². The van der Waals surface area contributed by atoms with Crippen molar-refractivity contribution < 1.29 is 19.4 Å². The summed E-state index contributed by atoms with van der Waals surface area (Å²) in [7, 11) is 0. The van der Waals surface area contributed by atoms with E-state index in [4.69, 9.17) is 4.74 Å². The van der Waals surface area contributed by atoms with Crippen LogP contribution in [0.15, 0.2) is 12.2 Å². The van der Waals surface area contributed by atoms with Crippen LogP contribution in [-0.4, -0.2) is 23.1 Å². The van der Waals surface area contributed by atoms with Crippen LogP contribution in [-0.2, 0) is 14.3 Å². The standard InChI is InChI=1S/C25H37NO4/c1-16-7-8-21-20(15-23(28)29)22(10-12-24(16,21)3)25(4)11-9-19(30-17(2)27)14-18(25)6-5-13-26/h18-22H,1,5-12,14-15H2,2-4H3,(H,28,29)/t18-,19-,20-,21+,22+,24+,25-/m0/s1. The van der Waals surface area contributed by atoms with Crippen molar-refractivity contribution in [3.05, 3.63) is 12.2 Å². The molecule has 0 unspecified atom stereocenters. The summed E-state index contributed by atoms with van der Waals surface area (Å²) in [6.45, 7) is 10.4. The van der Waals surface area contributed by atoms with Crippen molar-refractivity contribution in [2.45, 2.75) is 91.1 Å². The van der Waals surface area contributed by atoms with Crippen molar-refractivity contribution in [3.8, 4) is 6.07 Å². The minimum Gasteiger partial charge on any atom is -0.481 e. The van der Waals surface area contributed by atoms with Crippen LogP contribution < -0.4 is 0 Å². The Hall–Kier alpha value is -1.83. The highest BCUT2D eigenvalue weighted by Gasteiger charge is 2.57. The summed E-state index contributed by atoms with van der Waals surface area (Å²) in [6, 6.07) is 2.29. The lowest BCUT2D eigenvalue weighted by molar-refractivity contribution is -0.156. The van der Waals surface area contributed by atoms with E-state index in [-0.39, 0.29) is 41.2 Å². The van der Waals surface area contributed by atoms with Gasteiger partial charge in [0.25, 0.3) is 0 Å². The van der Waals surface area contributed by atoms with Gasteiger partial charge >= 0.3 is 11.9 Å². The van der Waals surface area contributed by atoms with E-state index in [2.05, 4.69) is 26.5 Å². The Morgan fingerprint density at radius 2 is 1.97 bits per heavy atom. The van der Waals surface area contributed by atoms with E-state index < -0.39 is 5.97 Å². The summed E-state index contributed by atoms with van der Waals surface area (Å²) in [6.07, 6.45) is 8.07. The normalized spacial score (nSPS) is 41.0. The Balaban J connectivity index is 1.91. The molecule has 3 aliphatic carbocycles. The van der Waals surface area contributed by atoms with E-state index in [1.165, 1.54) is 12.5 Å². The zero-order valence-corrected chi connectivity index (χ0v) is 18.8. The molecule has 1 N–H and O–H groups in total. The summed E-state index contributed by atoms with van der Waals surface area (Å²) < 4.78 is 5.55. The van der Waals surface area contributed by atoms with Gasteiger partial charge in [-0.25, -0.2) is 0 Å². The number of ether oxygens (including phenoxy) is 1. The van der Waals surface area contributed by atoms with Crippen LogP contribution in [0.3, 0.4) is 0 Å². The topological polar surface area (TPSA) is 87.4 Å².